The normalized spacial score (nSPS) is 17.1. The van der Waals surface area contributed by atoms with Crippen molar-refractivity contribution in [3.8, 4) is 5.69 Å². The van der Waals surface area contributed by atoms with Gasteiger partial charge in [0.25, 0.3) is 0 Å². The number of halogens is 2. The third-order valence-corrected chi connectivity index (χ3v) is 5.74. The molecule has 3 aromatic heterocycles. The van der Waals surface area contributed by atoms with Gasteiger partial charge in [0, 0.05) is 30.1 Å². The second-order valence-corrected chi connectivity index (χ2v) is 8.33. The number of aromatic nitrogens is 5. The molecule has 1 fully saturated rings. The second kappa shape index (κ2) is 7.12. The van der Waals surface area contributed by atoms with Crippen LogP contribution in [-0.2, 0) is 5.60 Å². The van der Waals surface area contributed by atoms with Crippen LogP contribution in [0.25, 0.3) is 11.3 Å². The van der Waals surface area contributed by atoms with Gasteiger partial charge in [0.2, 0.25) is 0 Å². The number of hydrogen-bond donors (Lipinski definition) is 1. The van der Waals surface area contributed by atoms with Crippen molar-refractivity contribution in [2.24, 2.45) is 0 Å². The SMILES string of the molecule is CC(C)(O)c1cnn(-c2cnn3ccc(N4CCC[C@@H]4c4cc(F)ccc4F)nc23)c1. The Morgan fingerprint density at radius 2 is 1.97 bits per heavy atom. The molecule has 4 heterocycles. The van der Waals surface area contributed by atoms with Crippen molar-refractivity contribution < 1.29 is 13.9 Å². The van der Waals surface area contributed by atoms with Crippen molar-refractivity contribution in [1.29, 1.82) is 0 Å². The maximum absolute atomic E-state index is 14.4. The van der Waals surface area contributed by atoms with Gasteiger partial charge in [-0.25, -0.2) is 23.0 Å². The molecule has 7 nitrogen and oxygen atoms in total. The van der Waals surface area contributed by atoms with Crippen LogP contribution in [-0.4, -0.2) is 36.0 Å². The molecule has 0 aliphatic carbocycles. The van der Waals surface area contributed by atoms with Gasteiger partial charge in [-0.3, -0.25) is 0 Å². The predicted molar refractivity (Wildman–Crippen MR) is 111 cm³/mol. The molecular formula is C22H22F2N6O. The molecule has 4 aromatic rings. The maximum atomic E-state index is 14.4. The van der Waals surface area contributed by atoms with Gasteiger partial charge >= 0.3 is 0 Å². The molecule has 9 heteroatoms. The summed E-state index contributed by atoms with van der Waals surface area (Å²) in [4.78, 5) is 6.78. The van der Waals surface area contributed by atoms with E-state index in [2.05, 4.69) is 10.2 Å². The van der Waals surface area contributed by atoms with Crippen molar-refractivity contribution in [2.45, 2.75) is 38.3 Å². The van der Waals surface area contributed by atoms with E-state index >= 15 is 0 Å². The highest BCUT2D eigenvalue weighted by Gasteiger charge is 2.30. The average Bonchev–Trinajstić information content (AvgIpc) is 3.47. The van der Waals surface area contributed by atoms with E-state index in [-0.39, 0.29) is 6.04 Å². The van der Waals surface area contributed by atoms with Crippen LogP contribution in [0, 0.1) is 11.6 Å². The number of rotatable bonds is 4. The molecule has 1 saturated heterocycles. The Balaban J connectivity index is 1.55. The fraction of sp³-hybridized carbons (Fsp3) is 0.318. The predicted octanol–water partition coefficient (Wildman–Crippen LogP) is 3.76. The van der Waals surface area contributed by atoms with E-state index in [0.29, 0.717) is 41.2 Å². The molecule has 1 aliphatic rings. The maximum Gasteiger partial charge on any atom is 0.183 e. The summed E-state index contributed by atoms with van der Waals surface area (Å²) < 4.78 is 31.5. The van der Waals surface area contributed by atoms with Crippen LogP contribution >= 0.6 is 0 Å². The van der Waals surface area contributed by atoms with Gasteiger partial charge in [-0.2, -0.15) is 10.2 Å². The van der Waals surface area contributed by atoms with Gasteiger partial charge in [-0.1, -0.05) is 0 Å². The summed E-state index contributed by atoms with van der Waals surface area (Å²) in [6.45, 7) is 4.08. The summed E-state index contributed by atoms with van der Waals surface area (Å²) in [5.41, 5.74) is 1.23. The fourth-order valence-electron chi connectivity index (χ4n) is 4.07. The molecular weight excluding hydrogens is 402 g/mol. The molecule has 5 rings (SSSR count). The molecule has 0 spiro atoms. The van der Waals surface area contributed by atoms with Crippen LogP contribution in [0.2, 0.25) is 0 Å². The van der Waals surface area contributed by atoms with E-state index in [9.17, 15) is 13.9 Å². The first-order chi connectivity index (χ1) is 14.8. The summed E-state index contributed by atoms with van der Waals surface area (Å²) in [6.07, 6.45) is 8.36. The third-order valence-electron chi connectivity index (χ3n) is 5.74. The summed E-state index contributed by atoms with van der Waals surface area (Å²) >= 11 is 0. The first-order valence-corrected chi connectivity index (χ1v) is 10.1. The zero-order chi connectivity index (χ0) is 21.8. The summed E-state index contributed by atoms with van der Waals surface area (Å²) in [7, 11) is 0. The minimum absolute atomic E-state index is 0.288. The highest BCUT2D eigenvalue weighted by molar-refractivity contribution is 5.61. The molecule has 0 amide bonds. The largest absolute Gasteiger partial charge is 0.386 e. The van der Waals surface area contributed by atoms with Crippen molar-refractivity contribution in [2.75, 3.05) is 11.4 Å². The lowest BCUT2D eigenvalue weighted by molar-refractivity contribution is 0.0786. The molecule has 0 unspecified atom stereocenters. The second-order valence-electron chi connectivity index (χ2n) is 8.33. The van der Waals surface area contributed by atoms with E-state index < -0.39 is 17.2 Å². The topological polar surface area (TPSA) is 71.5 Å². The zero-order valence-corrected chi connectivity index (χ0v) is 17.2. The van der Waals surface area contributed by atoms with E-state index in [1.807, 2.05) is 11.0 Å². The Morgan fingerprint density at radius 3 is 2.74 bits per heavy atom. The minimum Gasteiger partial charge on any atom is -0.386 e. The van der Waals surface area contributed by atoms with Gasteiger partial charge in [0.05, 0.1) is 24.0 Å². The monoisotopic (exact) mass is 424 g/mol. The van der Waals surface area contributed by atoms with Crippen molar-refractivity contribution in [1.82, 2.24) is 24.4 Å². The molecule has 0 radical (unpaired) electrons. The first kappa shape index (κ1) is 19.6. The number of hydrogen-bond acceptors (Lipinski definition) is 5. The third kappa shape index (κ3) is 3.44. The lowest BCUT2D eigenvalue weighted by atomic mass is 10.0. The summed E-state index contributed by atoms with van der Waals surface area (Å²) in [5.74, 6) is -0.207. The van der Waals surface area contributed by atoms with E-state index in [4.69, 9.17) is 4.98 Å². The van der Waals surface area contributed by atoms with Crippen LogP contribution in [0.15, 0.2) is 49.1 Å². The number of anilines is 1. The van der Waals surface area contributed by atoms with Crippen molar-refractivity contribution in [3.05, 3.63) is 71.8 Å². The lowest BCUT2D eigenvalue weighted by Crippen LogP contribution is -2.24. The van der Waals surface area contributed by atoms with Crippen molar-refractivity contribution >= 4 is 11.5 Å². The number of benzene rings is 1. The van der Waals surface area contributed by atoms with Gasteiger partial charge in [0.1, 0.15) is 23.1 Å². The summed E-state index contributed by atoms with van der Waals surface area (Å²) in [5, 5.41) is 18.9. The Bertz CT molecular complexity index is 1260. The molecule has 1 N–H and O–H groups in total. The molecule has 31 heavy (non-hydrogen) atoms. The Kier molecular flexibility index (Phi) is 4.51. The van der Waals surface area contributed by atoms with Crippen molar-refractivity contribution in [3.63, 3.8) is 0 Å². The van der Waals surface area contributed by atoms with Crippen LogP contribution in [0.4, 0.5) is 14.6 Å². The van der Waals surface area contributed by atoms with Gasteiger partial charge in [-0.15, -0.1) is 0 Å². The molecule has 0 saturated carbocycles. The lowest BCUT2D eigenvalue weighted by Gasteiger charge is -2.26. The van der Waals surface area contributed by atoms with Crippen LogP contribution in [0.1, 0.15) is 43.9 Å². The molecule has 0 bridgehead atoms. The fourth-order valence-corrected chi connectivity index (χ4v) is 4.07. The molecule has 1 aliphatic heterocycles. The Labute approximate surface area is 177 Å². The molecule has 1 aromatic carbocycles. The quantitative estimate of drug-likeness (QED) is 0.540. The van der Waals surface area contributed by atoms with Gasteiger partial charge in [-0.05, 0) is 51.0 Å². The van der Waals surface area contributed by atoms with Crippen LogP contribution < -0.4 is 4.90 Å². The van der Waals surface area contributed by atoms with Gasteiger partial charge in [0.15, 0.2) is 5.65 Å². The first-order valence-electron chi connectivity index (χ1n) is 10.1. The number of nitrogens with zero attached hydrogens (tertiary/aromatic N) is 6. The Morgan fingerprint density at radius 1 is 1.13 bits per heavy atom. The molecule has 160 valence electrons. The van der Waals surface area contributed by atoms with E-state index in [0.717, 1.165) is 12.5 Å². The standard InChI is InChI=1S/C22H22F2N6O/c1-22(2,31)14-11-25-30(13-14)19-12-26-29-9-7-20(27-21(19)29)28-8-3-4-18(28)16-10-15(23)5-6-17(16)24/h5-7,9-13,18,31H,3-4,8H2,1-2H3/t18-/m1/s1. The van der Waals surface area contributed by atoms with Crippen LogP contribution in [0.5, 0.6) is 0 Å². The smallest absolute Gasteiger partial charge is 0.183 e. The Hall–Kier alpha value is -3.33. The number of aliphatic hydroxyl groups is 1. The van der Waals surface area contributed by atoms with Crippen LogP contribution in [0.3, 0.4) is 0 Å². The van der Waals surface area contributed by atoms with E-state index in [1.54, 1.807) is 47.8 Å². The van der Waals surface area contributed by atoms with Gasteiger partial charge < -0.3 is 10.0 Å². The highest BCUT2D eigenvalue weighted by Crippen LogP contribution is 2.37. The summed E-state index contributed by atoms with van der Waals surface area (Å²) in [6, 6.07) is 5.11. The minimum atomic E-state index is -1.02. The molecule has 1 atom stereocenters. The zero-order valence-electron chi connectivity index (χ0n) is 17.2. The highest BCUT2D eigenvalue weighted by atomic mass is 19.1. The number of fused-ring (bicyclic) bond motifs is 1. The average molecular weight is 424 g/mol. The van der Waals surface area contributed by atoms with E-state index in [1.165, 1.54) is 12.1 Å².